The summed E-state index contributed by atoms with van der Waals surface area (Å²) in [5.41, 5.74) is 0.259. The molecule has 2 N–H and O–H groups in total. The first kappa shape index (κ1) is 21.5. The fraction of sp³-hybridized carbons (Fsp3) is 0.190. The highest BCUT2D eigenvalue weighted by atomic mass is 16.6. The number of nitro benzene ring substituents is 1. The Balaban J connectivity index is 2.05. The van der Waals surface area contributed by atoms with Crippen molar-refractivity contribution in [2.75, 3.05) is 12.0 Å². The Morgan fingerprint density at radius 3 is 2.35 bits per heavy atom. The largest absolute Gasteiger partial charge is 0.500 e. The number of hydrogen-bond donors (Lipinski definition) is 2. The number of imide groups is 2. The van der Waals surface area contributed by atoms with Crippen LogP contribution >= 0.6 is 0 Å². The average molecular weight is 425 g/mol. The lowest BCUT2D eigenvalue weighted by atomic mass is 10.0. The zero-order chi connectivity index (χ0) is 22.9. The lowest BCUT2D eigenvalue weighted by molar-refractivity contribution is -0.386. The summed E-state index contributed by atoms with van der Waals surface area (Å²) in [6.45, 7) is 4.00. The molecule has 1 saturated heterocycles. The van der Waals surface area contributed by atoms with Gasteiger partial charge in [-0.15, -0.1) is 0 Å². The fourth-order valence-corrected chi connectivity index (χ4v) is 3.06. The second-order valence-corrected chi connectivity index (χ2v) is 7.05. The van der Waals surface area contributed by atoms with Crippen molar-refractivity contribution in [2.24, 2.45) is 0 Å². The minimum Gasteiger partial charge on any atom is -0.500 e. The minimum absolute atomic E-state index is 0.0595. The smallest absolute Gasteiger partial charge is 0.335 e. The van der Waals surface area contributed by atoms with E-state index in [4.69, 9.17) is 4.74 Å². The van der Waals surface area contributed by atoms with Gasteiger partial charge in [0.25, 0.3) is 11.8 Å². The molecule has 31 heavy (non-hydrogen) atoms. The molecular weight excluding hydrogens is 406 g/mol. The first-order chi connectivity index (χ1) is 14.6. The zero-order valence-corrected chi connectivity index (χ0v) is 16.9. The number of benzene rings is 2. The molecule has 1 fully saturated rings. The van der Waals surface area contributed by atoms with Crippen LogP contribution in [0.25, 0.3) is 6.08 Å². The number of anilines is 1. The quantitative estimate of drug-likeness (QED) is 0.325. The molecule has 2 aromatic carbocycles. The van der Waals surface area contributed by atoms with Crippen molar-refractivity contribution in [3.8, 4) is 11.5 Å². The Morgan fingerprint density at radius 1 is 1.16 bits per heavy atom. The monoisotopic (exact) mass is 425 g/mol. The molecule has 0 bridgehead atoms. The van der Waals surface area contributed by atoms with Gasteiger partial charge in [-0.25, -0.2) is 9.69 Å². The highest BCUT2D eigenvalue weighted by Crippen LogP contribution is 2.37. The highest BCUT2D eigenvalue weighted by molar-refractivity contribution is 6.39. The van der Waals surface area contributed by atoms with Crippen molar-refractivity contribution < 1.29 is 29.2 Å². The number of carbonyl (C=O) groups is 3. The zero-order valence-electron chi connectivity index (χ0n) is 16.9. The number of hydrogen-bond acceptors (Lipinski definition) is 7. The van der Waals surface area contributed by atoms with Crippen molar-refractivity contribution in [3.05, 3.63) is 63.2 Å². The first-order valence-corrected chi connectivity index (χ1v) is 9.20. The molecule has 3 rings (SSSR count). The van der Waals surface area contributed by atoms with Crippen LogP contribution in [0, 0.1) is 10.1 Å². The van der Waals surface area contributed by atoms with E-state index in [9.17, 15) is 29.6 Å². The van der Waals surface area contributed by atoms with Gasteiger partial charge in [0.15, 0.2) is 5.75 Å². The number of methoxy groups -OCH3 is 1. The fourth-order valence-electron chi connectivity index (χ4n) is 3.06. The number of ether oxygens (including phenoxy) is 1. The van der Waals surface area contributed by atoms with Crippen LogP contribution in [0.15, 0.2) is 42.0 Å². The third kappa shape index (κ3) is 4.08. The van der Waals surface area contributed by atoms with Crippen LogP contribution in [0.3, 0.4) is 0 Å². The molecular formula is C21H19N3O7. The molecule has 0 atom stereocenters. The Kier molecular flexibility index (Phi) is 5.73. The van der Waals surface area contributed by atoms with Crippen LogP contribution in [0.4, 0.5) is 16.2 Å². The number of phenols is 1. The molecule has 10 heteroatoms. The molecule has 4 amide bonds. The molecule has 160 valence electrons. The number of nitro groups is 1. The molecule has 2 aromatic rings. The van der Waals surface area contributed by atoms with Crippen molar-refractivity contribution in [1.82, 2.24) is 5.32 Å². The predicted molar refractivity (Wildman–Crippen MR) is 111 cm³/mol. The summed E-state index contributed by atoms with van der Waals surface area (Å²) < 4.78 is 4.92. The van der Waals surface area contributed by atoms with Gasteiger partial charge in [0.2, 0.25) is 5.75 Å². The van der Waals surface area contributed by atoms with Gasteiger partial charge < -0.3 is 9.84 Å². The second kappa shape index (κ2) is 8.27. The number of carbonyl (C=O) groups excluding carboxylic acids is 3. The van der Waals surface area contributed by atoms with Crippen molar-refractivity contribution in [3.63, 3.8) is 0 Å². The summed E-state index contributed by atoms with van der Waals surface area (Å²) in [5.74, 6) is -2.48. The molecule has 0 aliphatic carbocycles. The lowest BCUT2D eigenvalue weighted by Gasteiger charge is -2.26. The number of amides is 4. The van der Waals surface area contributed by atoms with E-state index in [1.165, 1.54) is 13.2 Å². The lowest BCUT2D eigenvalue weighted by Crippen LogP contribution is -2.54. The van der Waals surface area contributed by atoms with E-state index in [-0.39, 0.29) is 22.9 Å². The maximum atomic E-state index is 13.0. The Bertz CT molecular complexity index is 1120. The van der Waals surface area contributed by atoms with Crippen molar-refractivity contribution >= 4 is 35.3 Å². The SMILES string of the molecule is COc1cc(/C=C2\C(=O)NC(=O)N(c3ccc(C(C)C)cc3)C2=O)cc([N+](=O)[O-])c1O. The van der Waals surface area contributed by atoms with Crippen LogP contribution in [-0.4, -0.2) is 35.0 Å². The van der Waals surface area contributed by atoms with Crippen LogP contribution < -0.4 is 15.0 Å². The number of nitrogens with zero attached hydrogens (tertiary/aromatic N) is 2. The van der Waals surface area contributed by atoms with Gasteiger partial charge in [0.1, 0.15) is 5.57 Å². The number of nitrogens with one attached hydrogen (secondary N) is 1. The Hall–Kier alpha value is -4.21. The first-order valence-electron chi connectivity index (χ1n) is 9.20. The predicted octanol–water partition coefficient (Wildman–Crippen LogP) is 3.10. The Morgan fingerprint density at radius 2 is 1.81 bits per heavy atom. The van der Waals surface area contributed by atoms with E-state index in [0.29, 0.717) is 0 Å². The van der Waals surface area contributed by atoms with E-state index in [1.807, 2.05) is 13.8 Å². The van der Waals surface area contributed by atoms with Gasteiger partial charge >= 0.3 is 11.7 Å². The summed E-state index contributed by atoms with van der Waals surface area (Å²) in [5, 5.41) is 23.2. The molecule has 0 radical (unpaired) electrons. The third-order valence-electron chi connectivity index (χ3n) is 4.72. The molecule has 1 heterocycles. The van der Waals surface area contributed by atoms with Crippen LogP contribution in [0.1, 0.15) is 30.9 Å². The van der Waals surface area contributed by atoms with Gasteiger partial charge in [0, 0.05) is 6.07 Å². The number of rotatable bonds is 5. The van der Waals surface area contributed by atoms with Gasteiger partial charge in [0.05, 0.1) is 17.7 Å². The summed E-state index contributed by atoms with van der Waals surface area (Å²) >= 11 is 0. The van der Waals surface area contributed by atoms with Gasteiger partial charge in [-0.1, -0.05) is 26.0 Å². The van der Waals surface area contributed by atoms with Gasteiger partial charge in [-0.2, -0.15) is 0 Å². The number of aromatic hydroxyl groups is 1. The van der Waals surface area contributed by atoms with Gasteiger partial charge in [-0.05, 0) is 41.3 Å². The van der Waals surface area contributed by atoms with E-state index in [0.717, 1.165) is 22.6 Å². The van der Waals surface area contributed by atoms with Crippen LogP contribution in [0.5, 0.6) is 11.5 Å². The van der Waals surface area contributed by atoms with E-state index in [2.05, 4.69) is 5.32 Å². The number of phenolic OH excluding ortho intramolecular Hbond substituents is 1. The highest BCUT2D eigenvalue weighted by Gasteiger charge is 2.37. The molecule has 1 aliphatic rings. The topological polar surface area (TPSA) is 139 Å². The minimum atomic E-state index is -0.945. The summed E-state index contributed by atoms with van der Waals surface area (Å²) in [7, 11) is 1.20. The van der Waals surface area contributed by atoms with E-state index < -0.39 is 39.8 Å². The van der Waals surface area contributed by atoms with Crippen LogP contribution in [0.2, 0.25) is 0 Å². The van der Waals surface area contributed by atoms with E-state index >= 15 is 0 Å². The van der Waals surface area contributed by atoms with Crippen molar-refractivity contribution in [1.29, 1.82) is 0 Å². The maximum absolute atomic E-state index is 13.0. The molecule has 10 nitrogen and oxygen atoms in total. The number of barbiturate groups is 1. The van der Waals surface area contributed by atoms with Crippen molar-refractivity contribution in [2.45, 2.75) is 19.8 Å². The van der Waals surface area contributed by atoms with Gasteiger partial charge in [-0.3, -0.25) is 25.0 Å². The molecule has 0 unspecified atom stereocenters. The summed E-state index contributed by atoms with van der Waals surface area (Å²) in [6, 6.07) is 8.04. The molecule has 0 spiro atoms. The number of urea groups is 1. The summed E-state index contributed by atoms with van der Waals surface area (Å²) in [4.78, 5) is 48.8. The normalized spacial score (nSPS) is 15.4. The molecule has 0 aromatic heterocycles. The third-order valence-corrected chi connectivity index (χ3v) is 4.72. The molecule has 1 aliphatic heterocycles. The summed E-state index contributed by atoms with van der Waals surface area (Å²) in [6.07, 6.45) is 1.09. The molecule has 0 saturated carbocycles. The standard InChI is InChI=1S/C21H19N3O7/c1-11(2)13-4-6-14(7-5-13)23-20(27)15(19(26)22-21(23)28)8-12-9-16(24(29)30)18(25)17(10-12)31-3/h4-11,25H,1-3H3,(H,22,26,28)/b15-8+. The average Bonchev–Trinajstić information content (AvgIpc) is 2.72. The van der Waals surface area contributed by atoms with Crippen LogP contribution in [-0.2, 0) is 9.59 Å². The van der Waals surface area contributed by atoms with E-state index in [1.54, 1.807) is 24.3 Å². The second-order valence-electron chi connectivity index (χ2n) is 7.05. The Labute approximate surface area is 176 Å². The maximum Gasteiger partial charge on any atom is 0.335 e.